The lowest BCUT2D eigenvalue weighted by atomic mass is 10.1. The maximum absolute atomic E-state index is 13.5. The fraction of sp³-hybridized carbons (Fsp3) is 0.348. The van der Waals surface area contributed by atoms with Crippen LogP contribution in [0.4, 0.5) is 4.39 Å². The number of hydrogen-bond acceptors (Lipinski definition) is 6. The zero-order valence-electron chi connectivity index (χ0n) is 19.5. The number of imidazole rings is 1. The second-order valence-electron chi connectivity index (χ2n) is 8.98. The number of quaternary nitrogens is 1. The van der Waals surface area contributed by atoms with Crippen LogP contribution in [0.3, 0.4) is 0 Å². The number of hydrogen-bond donors (Lipinski definition) is 0. The van der Waals surface area contributed by atoms with E-state index in [9.17, 15) is 4.39 Å². The first kappa shape index (κ1) is 22.5. The van der Waals surface area contributed by atoms with Crippen molar-refractivity contribution in [1.82, 2.24) is 34.7 Å². The Balaban J connectivity index is 1.45. The predicted octanol–water partition coefficient (Wildman–Crippen LogP) is 3.37. The van der Waals surface area contributed by atoms with Gasteiger partial charge in [-0.2, -0.15) is 0 Å². The molecule has 10 heteroatoms. The molecule has 4 aromatic rings. The van der Waals surface area contributed by atoms with Gasteiger partial charge >= 0.3 is 0 Å². The first-order valence-electron chi connectivity index (χ1n) is 10.7. The molecule has 4 rings (SSSR count). The molecule has 0 bridgehead atoms. The summed E-state index contributed by atoms with van der Waals surface area (Å²) in [4.78, 5) is 4.44. The van der Waals surface area contributed by atoms with Gasteiger partial charge in [0, 0.05) is 12.3 Å². The molecule has 0 aliphatic carbocycles. The Labute approximate surface area is 192 Å². The summed E-state index contributed by atoms with van der Waals surface area (Å²) in [6.07, 6.45) is 2.67. The molecule has 0 amide bonds. The molecule has 1 atom stereocenters. The van der Waals surface area contributed by atoms with Gasteiger partial charge in [-0.15, -0.1) is 15.3 Å². The van der Waals surface area contributed by atoms with Gasteiger partial charge in [0.1, 0.15) is 37.0 Å². The highest BCUT2D eigenvalue weighted by molar-refractivity contribution is 5.36. The van der Waals surface area contributed by atoms with Crippen LogP contribution in [0.2, 0.25) is 0 Å². The Kier molecular flexibility index (Phi) is 6.19. The highest BCUT2D eigenvalue weighted by Crippen LogP contribution is 2.20. The summed E-state index contributed by atoms with van der Waals surface area (Å²) >= 11 is 0. The van der Waals surface area contributed by atoms with Crippen molar-refractivity contribution >= 4 is 0 Å². The zero-order valence-corrected chi connectivity index (χ0v) is 19.5. The largest absolute Gasteiger partial charge is 0.470 e. The van der Waals surface area contributed by atoms with Crippen LogP contribution in [0, 0.1) is 6.92 Å². The lowest BCUT2D eigenvalue weighted by Crippen LogP contribution is -2.33. The highest BCUT2D eigenvalue weighted by atomic mass is 19.1. The van der Waals surface area contributed by atoms with Crippen LogP contribution < -0.4 is 4.74 Å². The maximum atomic E-state index is 13.5. The van der Waals surface area contributed by atoms with Gasteiger partial charge in [-0.25, -0.2) is 14.1 Å². The monoisotopic (exact) mass is 451 g/mol. The fourth-order valence-electron chi connectivity index (χ4n) is 3.36. The second kappa shape index (κ2) is 9.07. The van der Waals surface area contributed by atoms with E-state index in [0.717, 1.165) is 33.8 Å². The van der Waals surface area contributed by atoms with Crippen LogP contribution in [-0.2, 0) is 13.2 Å². The third-order valence-electron chi connectivity index (χ3n) is 5.07. The number of aromatic nitrogens is 7. The predicted molar refractivity (Wildman–Crippen MR) is 121 cm³/mol. The van der Waals surface area contributed by atoms with Gasteiger partial charge < -0.3 is 9.22 Å². The van der Waals surface area contributed by atoms with Crippen LogP contribution in [0.25, 0.3) is 11.5 Å². The lowest BCUT2D eigenvalue weighted by molar-refractivity contribution is -0.884. The van der Waals surface area contributed by atoms with E-state index in [4.69, 9.17) is 4.74 Å². The molecule has 3 aromatic heterocycles. The third kappa shape index (κ3) is 5.40. The van der Waals surface area contributed by atoms with Crippen molar-refractivity contribution < 1.29 is 13.6 Å². The molecule has 0 saturated carbocycles. The Bertz CT molecular complexity index is 1210. The molecular formula is C23H28FN8O+. The van der Waals surface area contributed by atoms with E-state index < -0.39 is 6.17 Å². The summed E-state index contributed by atoms with van der Waals surface area (Å²) in [5.41, 5.74) is 3.90. The standard InChI is InChI=1S/C23H28FN8O/c1-16(24)18-6-8-20(9-7-18)31-21(17(2)26-29-31)14-33-23-11-10-22(27-28-23)30-12-19(25-15-30)13-32(3,4)5/h6-12,15-16H,13-14H2,1-5H3/q+1. The summed E-state index contributed by atoms with van der Waals surface area (Å²) in [5.74, 6) is 1.05. The van der Waals surface area contributed by atoms with Crippen molar-refractivity contribution in [3.8, 4) is 17.4 Å². The number of halogens is 1. The van der Waals surface area contributed by atoms with Gasteiger partial charge in [0.25, 0.3) is 0 Å². The molecule has 0 N–H and O–H groups in total. The SMILES string of the molecule is Cc1nnn(-c2ccc(C(C)F)cc2)c1COc1ccc(-n2cnc(C[N+](C)(C)C)c2)nn1. The average molecular weight is 452 g/mol. The van der Waals surface area contributed by atoms with Crippen molar-refractivity contribution in [2.75, 3.05) is 21.1 Å². The number of rotatable bonds is 8. The summed E-state index contributed by atoms with van der Waals surface area (Å²) < 4.78 is 23.7. The van der Waals surface area contributed by atoms with Gasteiger partial charge in [-0.3, -0.25) is 4.57 Å². The average Bonchev–Trinajstić information content (AvgIpc) is 3.38. The van der Waals surface area contributed by atoms with Crippen molar-refractivity contribution in [3.05, 3.63) is 71.6 Å². The van der Waals surface area contributed by atoms with E-state index in [0.29, 0.717) is 17.3 Å². The van der Waals surface area contributed by atoms with Gasteiger partial charge in [0.15, 0.2) is 5.82 Å². The second-order valence-corrected chi connectivity index (χ2v) is 8.98. The number of benzene rings is 1. The molecule has 172 valence electrons. The van der Waals surface area contributed by atoms with Crippen molar-refractivity contribution in [1.29, 1.82) is 0 Å². The molecule has 1 unspecified atom stereocenters. The topological polar surface area (TPSA) is 83.5 Å². The Hall–Kier alpha value is -3.66. The maximum Gasteiger partial charge on any atom is 0.233 e. The van der Waals surface area contributed by atoms with Crippen LogP contribution in [0.15, 0.2) is 48.9 Å². The smallest absolute Gasteiger partial charge is 0.233 e. The van der Waals surface area contributed by atoms with Gasteiger partial charge in [0.2, 0.25) is 5.88 Å². The van der Waals surface area contributed by atoms with E-state index in [-0.39, 0.29) is 6.61 Å². The first-order valence-corrected chi connectivity index (χ1v) is 10.7. The summed E-state index contributed by atoms with van der Waals surface area (Å²) in [6, 6.07) is 10.7. The molecule has 0 fully saturated rings. The van der Waals surface area contributed by atoms with Crippen LogP contribution in [-0.4, -0.2) is 60.4 Å². The number of nitrogens with zero attached hydrogens (tertiary/aromatic N) is 8. The zero-order chi connectivity index (χ0) is 23.6. The number of aryl methyl sites for hydroxylation is 1. The quantitative estimate of drug-likeness (QED) is 0.382. The molecule has 0 spiro atoms. The minimum Gasteiger partial charge on any atom is -0.470 e. The molecule has 1 aromatic carbocycles. The summed E-state index contributed by atoms with van der Waals surface area (Å²) in [6.45, 7) is 4.41. The molecule has 0 radical (unpaired) electrons. The van der Waals surface area contributed by atoms with Gasteiger partial charge in [0.05, 0.1) is 32.5 Å². The summed E-state index contributed by atoms with van der Waals surface area (Å²) in [7, 11) is 6.36. The van der Waals surface area contributed by atoms with Crippen LogP contribution in [0.1, 0.15) is 35.7 Å². The van der Waals surface area contributed by atoms with Crippen molar-refractivity contribution in [2.24, 2.45) is 0 Å². The Morgan fingerprint density at radius 2 is 1.79 bits per heavy atom. The molecular weight excluding hydrogens is 423 g/mol. The third-order valence-corrected chi connectivity index (χ3v) is 5.07. The van der Waals surface area contributed by atoms with Crippen LogP contribution >= 0.6 is 0 Å². The summed E-state index contributed by atoms with van der Waals surface area (Å²) in [5, 5.41) is 16.8. The van der Waals surface area contributed by atoms with Gasteiger partial charge in [-0.1, -0.05) is 17.3 Å². The number of alkyl halides is 1. The van der Waals surface area contributed by atoms with Crippen molar-refractivity contribution in [3.63, 3.8) is 0 Å². The molecule has 0 saturated heterocycles. The Morgan fingerprint density at radius 3 is 2.42 bits per heavy atom. The first-order chi connectivity index (χ1) is 15.7. The minimum atomic E-state index is -1.02. The number of ether oxygens (including phenoxy) is 1. The minimum absolute atomic E-state index is 0.215. The van der Waals surface area contributed by atoms with Crippen LogP contribution in [0.5, 0.6) is 5.88 Å². The van der Waals surface area contributed by atoms with E-state index >= 15 is 0 Å². The fourth-order valence-corrected chi connectivity index (χ4v) is 3.36. The normalized spacial score (nSPS) is 12.7. The van der Waals surface area contributed by atoms with E-state index in [2.05, 4.69) is 46.6 Å². The molecule has 0 aliphatic rings. The molecule has 33 heavy (non-hydrogen) atoms. The van der Waals surface area contributed by atoms with E-state index in [1.807, 2.05) is 35.9 Å². The molecule has 9 nitrogen and oxygen atoms in total. The molecule has 3 heterocycles. The Morgan fingerprint density at radius 1 is 1.03 bits per heavy atom. The highest BCUT2D eigenvalue weighted by Gasteiger charge is 2.14. The van der Waals surface area contributed by atoms with E-state index in [1.54, 1.807) is 29.2 Å². The van der Waals surface area contributed by atoms with E-state index in [1.165, 1.54) is 6.92 Å². The lowest BCUT2D eigenvalue weighted by Gasteiger charge is -2.22. The van der Waals surface area contributed by atoms with Crippen molar-refractivity contribution in [2.45, 2.75) is 33.2 Å². The van der Waals surface area contributed by atoms with Gasteiger partial charge in [-0.05, 0) is 37.6 Å². The molecule has 0 aliphatic heterocycles.